The molecule has 3 aromatic rings. The highest BCUT2D eigenvalue weighted by Crippen LogP contribution is 2.23. The monoisotopic (exact) mass is 396 g/mol. The third-order valence-corrected chi connectivity index (χ3v) is 4.59. The molecule has 4 rings (SSSR count). The van der Waals surface area contributed by atoms with Crippen LogP contribution in [0.3, 0.4) is 0 Å². The first kappa shape index (κ1) is 18.9. The zero-order valence-corrected chi connectivity index (χ0v) is 15.4. The Morgan fingerprint density at radius 2 is 1.69 bits per heavy atom. The first-order valence-electron chi connectivity index (χ1n) is 9.14. The van der Waals surface area contributed by atoms with Crippen LogP contribution in [0.2, 0.25) is 0 Å². The lowest BCUT2D eigenvalue weighted by Crippen LogP contribution is -2.36. The Morgan fingerprint density at radius 3 is 2.38 bits per heavy atom. The predicted molar refractivity (Wildman–Crippen MR) is 105 cm³/mol. The lowest BCUT2D eigenvalue weighted by molar-refractivity contribution is 0.101. The van der Waals surface area contributed by atoms with Crippen molar-refractivity contribution in [1.82, 2.24) is 10.2 Å². The average molecular weight is 396 g/mol. The van der Waals surface area contributed by atoms with Crippen molar-refractivity contribution >= 4 is 17.4 Å². The van der Waals surface area contributed by atoms with Gasteiger partial charge in [0.25, 0.3) is 5.91 Å². The third kappa shape index (κ3) is 4.22. The molecular weight excluding hydrogens is 378 g/mol. The number of carbonyl (C=O) groups is 1. The van der Waals surface area contributed by atoms with Crippen LogP contribution in [0, 0.1) is 11.6 Å². The fraction of sp³-hybridized carbons (Fsp3) is 0.190. The van der Waals surface area contributed by atoms with Gasteiger partial charge in [-0.15, -0.1) is 10.2 Å². The van der Waals surface area contributed by atoms with E-state index < -0.39 is 23.1 Å². The molecule has 0 unspecified atom stereocenters. The summed E-state index contributed by atoms with van der Waals surface area (Å²) in [4.78, 5) is 14.4. The van der Waals surface area contributed by atoms with Gasteiger partial charge < -0.3 is 15.0 Å². The molecule has 1 amide bonds. The highest BCUT2D eigenvalue weighted by molar-refractivity contribution is 6.04. The van der Waals surface area contributed by atoms with Gasteiger partial charge in [0.05, 0.1) is 18.9 Å². The lowest BCUT2D eigenvalue weighted by atomic mass is 10.1. The van der Waals surface area contributed by atoms with Gasteiger partial charge in [-0.25, -0.2) is 8.78 Å². The van der Waals surface area contributed by atoms with E-state index in [4.69, 9.17) is 4.74 Å². The van der Waals surface area contributed by atoms with Gasteiger partial charge >= 0.3 is 0 Å². The topological polar surface area (TPSA) is 67.4 Å². The summed E-state index contributed by atoms with van der Waals surface area (Å²) in [6, 6.07) is 13.9. The number of ether oxygens (including phenoxy) is 1. The van der Waals surface area contributed by atoms with E-state index in [1.54, 1.807) is 18.2 Å². The van der Waals surface area contributed by atoms with E-state index in [1.807, 2.05) is 18.2 Å². The summed E-state index contributed by atoms with van der Waals surface area (Å²) in [5.74, 6) is -1.91. The summed E-state index contributed by atoms with van der Waals surface area (Å²) in [5.41, 5.74) is 1.12. The molecule has 2 aromatic carbocycles. The molecule has 0 spiro atoms. The molecule has 29 heavy (non-hydrogen) atoms. The van der Waals surface area contributed by atoms with Crippen LogP contribution in [0.25, 0.3) is 11.3 Å². The summed E-state index contributed by atoms with van der Waals surface area (Å²) in [7, 11) is 0. The van der Waals surface area contributed by atoms with Crippen molar-refractivity contribution in [1.29, 1.82) is 0 Å². The Morgan fingerprint density at radius 1 is 0.966 bits per heavy atom. The van der Waals surface area contributed by atoms with E-state index in [0.717, 1.165) is 36.6 Å². The number of halogens is 2. The number of hydrogen-bond donors (Lipinski definition) is 1. The fourth-order valence-electron chi connectivity index (χ4n) is 3.10. The van der Waals surface area contributed by atoms with Gasteiger partial charge in [-0.05, 0) is 36.4 Å². The second-order valence-electron chi connectivity index (χ2n) is 6.51. The van der Waals surface area contributed by atoms with Gasteiger partial charge in [0.2, 0.25) is 0 Å². The summed E-state index contributed by atoms with van der Waals surface area (Å²) in [5, 5.41) is 11.1. The Labute approximate surface area is 166 Å². The second-order valence-corrected chi connectivity index (χ2v) is 6.51. The summed E-state index contributed by atoms with van der Waals surface area (Å²) in [6.07, 6.45) is 0. The van der Waals surface area contributed by atoms with Gasteiger partial charge in [-0.3, -0.25) is 4.79 Å². The molecule has 1 aliphatic rings. The minimum Gasteiger partial charge on any atom is -0.378 e. The van der Waals surface area contributed by atoms with E-state index in [0.29, 0.717) is 24.6 Å². The van der Waals surface area contributed by atoms with Crippen LogP contribution in [0.4, 0.5) is 20.3 Å². The minimum absolute atomic E-state index is 0.397. The summed E-state index contributed by atoms with van der Waals surface area (Å²) >= 11 is 0. The largest absolute Gasteiger partial charge is 0.378 e. The molecule has 1 fully saturated rings. The third-order valence-electron chi connectivity index (χ3n) is 4.59. The smallest absolute Gasteiger partial charge is 0.261 e. The van der Waals surface area contributed by atoms with Crippen molar-refractivity contribution in [3.05, 3.63) is 71.8 Å². The number of nitrogens with one attached hydrogen (secondary N) is 1. The minimum atomic E-state index is -0.914. The van der Waals surface area contributed by atoms with Crippen molar-refractivity contribution in [3.63, 3.8) is 0 Å². The van der Waals surface area contributed by atoms with E-state index in [2.05, 4.69) is 20.4 Å². The number of amides is 1. The number of anilines is 2. The van der Waals surface area contributed by atoms with Gasteiger partial charge in [-0.2, -0.15) is 0 Å². The maximum atomic E-state index is 13.8. The fourth-order valence-corrected chi connectivity index (χ4v) is 3.10. The molecule has 1 N–H and O–H groups in total. The van der Waals surface area contributed by atoms with Crippen molar-refractivity contribution in [3.8, 4) is 11.3 Å². The molecule has 2 heterocycles. The standard InChI is InChI=1S/C21H18F2N4O2/c22-16-5-2-6-17(23)20(16)21(28)24-15-4-1-3-14(13-15)18-7-8-19(26-25-18)27-9-11-29-12-10-27/h1-8,13H,9-12H2,(H,24,28). The second kappa shape index (κ2) is 8.32. The van der Waals surface area contributed by atoms with E-state index in [-0.39, 0.29) is 0 Å². The van der Waals surface area contributed by atoms with Crippen molar-refractivity contribution in [2.24, 2.45) is 0 Å². The van der Waals surface area contributed by atoms with Gasteiger partial charge in [0, 0.05) is 24.3 Å². The van der Waals surface area contributed by atoms with Gasteiger partial charge in [-0.1, -0.05) is 18.2 Å². The number of morpholine rings is 1. The zero-order chi connectivity index (χ0) is 20.2. The molecule has 1 saturated heterocycles. The van der Waals surface area contributed by atoms with Gasteiger partial charge in [0.15, 0.2) is 5.82 Å². The van der Waals surface area contributed by atoms with Crippen LogP contribution in [0.5, 0.6) is 0 Å². The van der Waals surface area contributed by atoms with E-state index in [1.165, 1.54) is 6.07 Å². The SMILES string of the molecule is O=C(Nc1cccc(-c2ccc(N3CCOCC3)nn2)c1)c1c(F)cccc1F. The quantitative estimate of drug-likeness (QED) is 0.731. The molecule has 1 aromatic heterocycles. The van der Waals surface area contributed by atoms with E-state index in [9.17, 15) is 13.6 Å². The number of nitrogens with zero attached hydrogens (tertiary/aromatic N) is 3. The maximum Gasteiger partial charge on any atom is 0.261 e. The van der Waals surface area contributed by atoms with Crippen molar-refractivity contribution in [2.75, 3.05) is 36.5 Å². The Hall–Kier alpha value is -3.39. The highest BCUT2D eigenvalue weighted by Gasteiger charge is 2.17. The molecule has 148 valence electrons. The van der Waals surface area contributed by atoms with Crippen molar-refractivity contribution in [2.45, 2.75) is 0 Å². The number of hydrogen-bond acceptors (Lipinski definition) is 5. The summed E-state index contributed by atoms with van der Waals surface area (Å²) in [6.45, 7) is 2.85. The number of benzene rings is 2. The molecule has 0 radical (unpaired) electrons. The number of rotatable bonds is 4. The number of aromatic nitrogens is 2. The zero-order valence-electron chi connectivity index (χ0n) is 15.4. The molecule has 1 aliphatic heterocycles. The molecule has 8 heteroatoms. The Kier molecular flexibility index (Phi) is 5.44. The maximum absolute atomic E-state index is 13.8. The highest BCUT2D eigenvalue weighted by atomic mass is 19.1. The lowest BCUT2D eigenvalue weighted by Gasteiger charge is -2.27. The van der Waals surface area contributed by atoms with Crippen LogP contribution >= 0.6 is 0 Å². The molecular formula is C21H18F2N4O2. The Balaban J connectivity index is 1.52. The summed E-state index contributed by atoms with van der Waals surface area (Å²) < 4.78 is 33.0. The molecule has 0 bridgehead atoms. The molecule has 0 atom stereocenters. The van der Waals surface area contributed by atoms with Crippen LogP contribution in [0.15, 0.2) is 54.6 Å². The Bertz CT molecular complexity index is 1000. The normalized spacial score (nSPS) is 13.9. The van der Waals surface area contributed by atoms with Crippen LogP contribution in [-0.2, 0) is 4.74 Å². The number of carbonyl (C=O) groups excluding carboxylic acids is 1. The van der Waals surface area contributed by atoms with Crippen molar-refractivity contribution < 1.29 is 18.3 Å². The van der Waals surface area contributed by atoms with E-state index >= 15 is 0 Å². The van der Waals surface area contributed by atoms with Crippen LogP contribution < -0.4 is 10.2 Å². The molecule has 6 nitrogen and oxygen atoms in total. The average Bonchev–Trinajstić information content (AvgIpc) is 2.74. The van der Waals surface area contributed by atoms with Gasteiger partial charge in [0.1, 0.15) is 17.2 Å². The first-order valence-corrected chi connectivity index (χ1v) is 9.14. The molecule has 0 saturated carbocycles. The first-order chi connectivity index (χ1) is 14.1. The van der Waals surface area contributed by atoms with Crippen LogP contribution in [-0.4, -0.2) is 42.4 Å². The van der Waals surface area contributed by atoms with Crippen LogP contribution in [0.1, 0.15) is 10.4 Å². The molecule has 0 aliphatic carbocycles. The predicted octanol–water partition coefficient (Wildman–Crippen LogP) is 3.51.